The van der Waals surface area contributed by atoms with E-state index >= 15 is 0 Å². The quantitative estimate of drug-likeness (QED) is 0.409. The molecule has 2 N–H and O–H groups in total. The molecule has 0 aromatic heterocycles. The van der Waals surface area contributed by atoms with E-state index in [9.17, 15) is 14.7 Å². The molecule has 1 aromatic rings. The molecule has 2 rings (SSSR count). The molecule has 0 radical (unpaired) electrons. The second-order valence-electron chi connectivity index (χ2n) is 4.53. The van der Waals surface area contributed by atoms with Crippen LogP contribution in [0.2, 0.25) is 0 Å². The number of thiocarbonyl (C=S) groups is 1. The van der Waals surface area contributed by atoms with Gasteiger partial charge in [0.25, 0.3) is 5.91 Å². The summed E-state index contributed by atoms with van der Waals surface area (Å²) in [6.45, 7) is 0.284. The third kappa shape index (κ3) is 4.20. The summed E-state index contributed by atoms with van der Waals surface area (Å²) in [5.74, 6) is -1.06. The number of aromatic hydroxyl groups is 1. The Labute approximate surface area is 150 Å². The number of halogens is 1. The smallest absolute Gasteiger partial charge is 0.303 e. The van der Waals surface area contributed by atoms with Gasteiger partial charge in [-0.3, -0.25) is 14.5 Å². The van der Waals surface area contributed by atoms with Gasteiger partial charge in [-0.15, -0.1) is 0 Å². The highest BCUT2D eigenvalue weighted by Crippen LogP contribution is 2.34. The molecule has 0 spiro atoms. The molecule has 0 atom stereocenters. The van der Waals surface area contributed by atoms with E-state index < -0.39 is 5.97 Å². The largest absolute Gasteiger partial charge is 0.507 e. The molecule has 22 heavy (non-hydrogen) atoms. The van der Waals surface area contributed by atoms with Crippen molar-refractivity contribution in [3.8, 4) is 5.75 Å². The van der Waals surface area contributed by atoms with Crippen molar-refractivity contribution in [1.29, 1.82) is 0 Å². The summed E-state index contributed by atoms with van der Waals surface area (Å²) in [4.78, 5) is 24.7. The fourth-order valence-corrected chi connectivity index (χ4v) is 3.68. The van der Waals surface area contributed by atoms with Crippen molar-refractivity contribution in [3.63, 3.8) is 0 Å². The van der Waals surface area contributed by atoms with Crippen molar-refractivity contribution in [2.24, 2.45) is 0 Å². The molecule has 0 unspecified atom stereocenters. The van der Waals surface area contributed by atoms with E-state index in [1.807, 2.05) is 0 Å². The maximum absolute atomic E-state index is 12.3. The SMILES string of the molecule is O=C(O)CCCN1C(=O)/C(=C/c2cc(I)ccc2O)SC1=S. The van der Waals surface area contributed by atoms with Crippen molar-refractivity contribution in [2.45, 2.75) is 12.8 Å². The van der Waals surface area contributed by atoms with Crippen LogP contribution >= 0.6 is 46.6 Å². The minimum absolute atomic E-state index is 0.00617. The minimum Gasteiger partial charge on any atom is -0.507 e. The van der Waals surface area contributed by atoms with Gasteiger partial charge < -0.3 is 10.2 Å². The van der Waals surface area contributed by atoms with E-state index in [0.717, 1.165) is 15.3 Å². The molecule has 1 heterocycles. The summed E-state index contributed by atoms with van der Waals surface area (Å²) >= 11 is 8.44. The van der Waals surface area contributed by atoms with Gasteiger partial charge in [-0.05, 0) is 53.3 Å². The van der Waals surface area contributed by atoms with Gasteiger partial charge in [-0.2, -0.15) is 0 Å². The van der Waals surface area contributed by atoms with Crippen LogP contribution in [0.15, 0.2) is 23.1 Å². The van der Waals surface area contributed by atoms with Crippen LogP contribution in [0, 0.1) is 3.57 Å². The Morgan fingerprint density at radius 1 is 1.45 bits per heavy atom. The lowest BCUT2D eigenvalue weighted by molar-refractivity contribution is -0.137. The van der Waals surface area contributed by atoms with Gasteiger partial charge in [0.2, 0.25) is 0 Å². The molecule has 0 saturated carbocycles. The Balaban J connectivity index is 2.15. The number of rotatable bonds is 5. The first-order chi connectivity index (χ1) is 10.4. The number of carbonyl (C=O) groups is 2. The van der Waals surface area contributed by atoms with Gasteiger partial charge in [0.15, 0.2) is 0 Å². The normalized spacial score (nSPS) is 16.6. The van der Waals surface area contributed by atoms with Crippen molar-refractivity contribution in [3.05, 3.63) is 32.2 Å². The molecule has 1 aliphatic rings. The number of carboxylic acid groups (broad SMARTS) is 1. The molecule has 8 heteroatoms. The maximum atomic E-state index is 12.3. The number of nitrogens with zero attached hydrogens (tertiary/aromatic N) is 1. The first kappa shape index (κ1) is 17.2. The Kier molecular flexibility index (Phi) is 5.81. The monoisotopic (exact) mass is 449 g/mol. The lowest BCUT2D eigenvalue weighted by Gasteiger charge is -2.13. The molecular weight excluding hydrogens is 437 g/mol. The first-order valence-electron chi connectivity index (χ1n) is 6.34. The van der Waals surface area contributed by atoms with E-state index in [2.05, 4.69) is 22.6 Å². The van der Waals surface area contributed by atoms with Crippen LogP contribution in [0.5, 0.6) is 5.75 Å². The topological polar surface area (TPSA) is 77.8 Å². The van der Waals surface area contributed by atoms with Crippen LogP contribution in [0.1, 0.15) is 18.4 Å². The van der Waals surface area contributed by atoms with E-state index in [4.69, 9.17) is 17.3 Å². The van der Waals surface area contributed by atoms with Crippen molar-refractivity contribution >= 4 is 68.8 Å². The molecule has 0 bridgehead atoms. The second-order valence-corrected chi connectivity index (χ2v) is 7.46. The average Bonchev–Trinajstić information content (AvgIpc) is 2.70. The van der Waals surface area contributed by atoms with Crippen molar-refractivity contribution < 1.29 is 19.8 Å². The molecule has 1 fully saturated rings. The average molecular weight is 449 g/mol. The van der Waals surface area contributed by atoms with Crippen LogP contribution in [0.25, 0.3) is 6.08 Å². The Hall–Kier alpha value is -1.13. The van der Waals surface area contributed by atoms with Crippen LogP contribution in [-0.4, -0.2) is 37.9 Å². The third-order valence-electron chi connectivity index (χ3n) is 2.92. The Bertz CT molecular complexity index is 675. The molecular formula is C14H12INO4S2. The maximum Gasteiger partial charge on any atom is 0.303 e. The van der Waals surface area contributed by atoms with E-state index in [1.54, 1.807) is 24.3 Å². The molecule has 1 saturated heterocycles. The molecule has 1 aromatic carbocycles. The highest BCUT2D eigenvalue weighted by atomic mass is 127. The summed E-state index contributed by atoms with van der Waals surface area (Å²) in [5, 5.41) is 18.5. The summed E-state index contributed by atoms with van der Waals surface area (Å²) in [7, 11) is 0. The lowest BCUT2D eigenvalue weighted by atomic mass is 10.2. The number of phenols is 1. The molecule has 1 aliphatic heterocycles. The number of amides is 1. The number of phenolic OH excluding ortho intramolecular Hbond substituents is 1. The van der Waals surface area contributed by atoms with E-state index in [-0.39, 0.29) is 24.6 Å². The van der Waals surface area contributed by atoms with Gasteiger partial charge in [-0.25, -0.2) is 0 Å². The summed E-state index contributed by atoms with van der Waals surface area (Å²) in [6, 6.07) is 5.11. The van der Waals surface area contributed by atoms with Gasteiger partial charge in [-0.1, -0.05) is 24.0 Å². The number of carbonyl (C=O) groups excluding carboxylic acids is 1. The molecule has 5 nitrogen and oxygen atoms in total. The number of benzene rings is 1. The van der Waals surface area contributed by atoms with Gasteiger partial charge in [0.05, 0.1) is 4.91 Å². The molecule has 0 aliphatic carbocycles. The Morgan fingerprint density at radius 3 is 2.86 bits per heavy atom. The van der Waals surface area contributed by atoms with Gasteiger partial charge in [0.1, 0.15) is 10.1 Å². The third-order valence-corrected chi connectivity index (χ3v) is 4.97. The predicted octanol–water partition coefficient (Wildman–Crippen LogP) is 3.06. The highest BCUT2D eigenvalue weighted by molar-refractivity contribution is 14.1. The summed E-state index contributed by atoms with van der Waals surface area (Å²) in [5.41, 5.74) is 0.554. The molecule has 1 amide bonds. The van der Waals surface area contributed by atoms with Gasteiger partial charge in [0, 0.05) is 22.1 Å². The number of carboxylic acids is 1. The van der Waals surface area contributed by atoms with Crippen LogP contribution in [0.4, 0.5) is 0 Å². The second kappa shape index (κ2) is 7.42. The van der Waals surface area contributed by atoms with Crippen LogP contribution < -0.4 is 0 Å². The summed E-state index contributed by atoms with van der Waals surface area (Å²) in [6.07, 6.45) is 1.95. The fraction of sp³-hybridized carbons (Fsp3) is 0.214. The van der Waals surface area contributed by atoms with Crippen LogP contribution in [0.3, 0.4) is 0 Å². The first-order valence-corrected chi connectivity index (χ1v) is 8.64. The summed E-state index contributed by atoms with van der Waals surface area (Å²) < 4.78 is 1.35. The number of hydrogen-bond acceptors (Lipinski definition) is 5. The minimum atomic E-state index is -0.898. The van der Waals surface area contributed by atoms with Gasteiger partial charge >= 0.3 is 5.97 Å². The fourth-order valence-electron chi connectivity index (χ4n) is 1.86. The number of thioether (sulfide) groups is 1. The lowest BCUT2D eigenvalue weighted by Crippen LogP contribution is -2.29. The number of hydrogen-bond donors (Lipinski definition) is 2. The zero-order chi connectivity index (χ0) is 16.3. The van der Waals surface area contributed by atoms with Crippen molar-refractivity contribution in [2.75, 3.05) is 6.54 Å². The standard InChI is InChI=1S/C14H12INO4S2/c15-9-3-4-10(17)8(6-9)7-11-13(20)16(14(21)22-11)5-1-2-12(18)19/h3-4,6-7,17H,1-2,5H2,(H,18,19)/b11-7-. The number of aliphatic carboxylic acids is 1. The van der Waals surface area contributed by atoms with E-state index in [0.29, 0.717) is 21.2 Å². The molecule has 116 valence electrons. The van der Waals surface area contributed by atoms with E-state index in [1.165, 1.54) is 4.90 Å². The van der Waals surface area contributed by atoms with Crippen LogP contribution in [-0.2, 0) is 9.59 Å². The van der Waals surface area contributed by atoms with Crippen molar-refractivity contribution in [1.82, 2.24) is 4.90 Å². The highest BCUT2D eigenvalue weighted by Gasteiger charge is 2.31. The zero-order valence-electron chi connectivity index (χ0n) is 11.3. The Morgan fingerprint density at radius 2 is 2.18 bits per heavy atom. The predicted molar refractivity (Wildman–Crippen MR) is 97.6 cm³/mol. The zero-order valence-corrected chi connectivity index (χ0v) is 15.1.